The summed E-state index contributed by atoms with van der Waals surface area (Å²) in [5.74, 6) is 0. The maximum absolute atomic E-state index is 9.19. The first-order valence-electron chi connectivity index (χ1n) is 5.87. The van der Waals surface area contributed by atoms with Crippen molar-refractivity contribution in [2.75, 3.05) is 0 Å². The number of aliphatic hydroxyl groups excluding tert-OH is 1. The van der Waals surface area contributed by atoms with Crippen LogP contribution in [0, 0.1) is 25.2 Å². The van der Waals surface area contributed by atoms with Crippen LogP contribution in [-0.4, -0.2) is 5.11 Å². The van der Waals surface area contributed by atoms with Crippen LogP contribution in [0.1, 0.15) is 22.3 Å². The number of rotatable bonds is 2. The molecule has 18 heavy (non-hydrogen) atoms. The largest absolute Gasteiger partial charge is 0.392 e. The number of benzene rings is 2. The van der Waals surface area contributed by atoms with E-state index in [0.717, 1.165) is 27.8 Å². The number of hydrogen-bond acceptors (Lipinski definition) is 2. The van der Waals surface area contributed by atoms with Gasteiger partial charge in [-0.1, -0.05) is 18.2 Å². The van der Waals surface area contributed by atoms with E-state index in [9.17, 15) is 5.11 Å². The minimum Gasteiger partial charge on any atom is -0.392 e. The van der Waals surface area contributed by atoms with Gasteiger partial charge in [0.1, 0.15) is 0 Å². The molecule has 0 aliphatic heterocycles. The third kappa shape index (κ3) is 2.27. The van der Waals surface area contributed by atoms with E-state index in [0.29, 0.717) is 5.56 Å². The zero-order chi connectivity index (χ0) is 13.1. The smallest absolute Gasteiger partial charge is 0.0991 e. The summed E-state index contributed by atoms with van der Waals surface area (Å²) in [6.07, 6.45) is 0. The molecule has 2 aromatic rings. The van der Waals surface area contributed by atoms with Crippen LogP contribution < -0.4 is 0 Å². The Morgan fingerprint density at radius 2 is 1.78 bits per heavy atom. The van der Waals surface area contributed by atoms with Crippen LogP contribution in [-0.2, 0) is 6.61 Å². The highest BCUT2D eigenvalue weighted by Crippen LogP contribution is 2.28. The van der Waals surface area contributed by atoms with Crippen LogP contribution in [0.25, 0.3) is 11.1 Å². The highest BCUT2D eigenvalue weighted by molar-refractivity contribution is 5.72. The first-order chi connectivity index (χ1) is 8.65. The van der Waals surface area contributed by atoms with E-state index in [1.807, 2.05) is 50.2 Å². The van der Waals surface area contributed by atoms with Gasteiger partial charge in [-0.05, 0) is 59.9 Å². The number of hydrogen-bond donors (Lipinski definition) is 1. The lowest BCUT2D eigenvalue weighted by Gasteiger charge is -2.11. The molecule has 0 unspecified atom stereocenters. The first-order valence-corrected chi connectivity index (χ1v) is 5.87. The zero-order valence-electron chi connectivity index (χ0n) is 10.6. The second kappa shape index (κ2) is 5.03. The molecule has 0 bridgehead atoms. The van der Waals surface area contributed by atoms with Gasteiger partial charge in [-0.15, -0.1) is 0 Å². The lowest BCUT2D eigenvalue weighted by molar-refractivity contribution is 0.282. The summed E-state index contributed by atoms with van der Waals surface area (Å²) >= 11 is 0. The van der Waals surface area contributed by atoms with Gasteiger partial charge in [0.2, 0.25) is 0 Å². The van der Waals surface area contributed by atoms with Crippen LogP contribution in [0.3, 0.4) is 0 Å². The van der Waals surface area contributed by atoms with E-state index in [1.54, 1.807) is 0 Å². The molecule has 0 saturated carbocycles. The molecule has 0 atom stereocenters. The Morgan fingerprint density at radius 1 is 1.11 bits per heavy atom. The Bertz CT molecular complexity index is 600. The van der Waals surface area contributed by atoms with Crippen LogP contribution >= 0.6 is 0 Å². The first kappa shape index (κ1) is 12.3. The van der Waals surface area contributed by atoms with E-state index >= 15 is 0 Å². The summed E-state index contributed by atoms with van der Waals surface area (Å²) < 4.78 is 0. The molecule has 0 spiro atoms. The Balaban J connectivity index is 2.60. The summed E-state index contributed by atoms with van der Waals surface area (Å²) in [6, 6.07) is 13.8. The second-order valence-electron chi connectivity index (χ2n) is 4.46. The summed E-state index contributed by atoms with van der Waals surface area (Å²) in [5.41, 5.74) is 5.98. The molecule has 2 nitrogen and oxygen atoms in total. The Morgan fingerprint density at radius 3 is 2.33 bits per heavy atom. The molecule has 0 aliphatic carbocycles. The molecule has 1 N–H and O–H groups in total. The van der Waals surface area contributed by atoms with Gasteiger partial charge in [0.15, 0.2) is 0 Å². The Kier molecular flexibility index (Phi) is 3.45. The lowest BCUT2D eigenvalue weighted by atomic mass is 9.93. The summed E-state index contributed by atoms with van der Waals surface area (Å²) in [5, 5.41) is 18.1. The number of nitriles is 1. The molecule has 0 amide bonds. The van der Waals surface area contributed by atoms with Gasteiger partial charge < -0.3 is 5.11 Å². The van der Waals surface area contributed by atoms with Gasteiger partial charge in [-0.25, -0.2) is 0 Å². The normalized spacial score (nSPS) is 10.1. The molecule has 0 heterocycles. The molecule has 2 aromatic carbocycles. The SMILES string of the molecule is Cc1cc(C#N)cc(C)c1-c1cccc(CO)c1. The van der Waals surface area contributed by atoms with Crippen molar-refractivity contribution in [3.05, 3.63) is 58.7 Å². The highest BCUT2D eigenvalue weighted by atomic mass is 16.3. The maximum atomic E-state index is 9.19. The van der Waals surface area contributed by atoms with Crippen molar-refractivity contribution >= 4 is 0 Å². The van der Waals surface area contributed by atoms with E-state index < -0.39 is 0 Å². The van der Waals surface area contributed by atoms with Gasteiger partial charge >= 0.3 is 0 Å². The van der Waals surface area contributed by atoms with Gasteiger partial charge in [0.25, 0.3) is 0 Å². The van der Waals surface area contributed by atoms with Crippen molar-refractivity contribution in [3.8, 4) is 17.2 Å². The fourth-order valence-corrected chi connectivity index (χ4v) is 2.31. The van der Waals surface area contributed by atoms with Crippen LogP contribution in [0.4, 0.5) is 0 Å². The van der Waals surface area contributed by atoms with Crippen LogP contribution in [0.5, 0.6) is 0 Å². The standard InChI is InChI=1S/C16H15NO/c1-11-6-14(9-17)7-12(2)16(11)15-5-3-4-13(8-15)10-18/h3-8,18H,10H2,1-2H3. The average molecular weight is 237 g/mol. The molecule has 0 saturated heterocycles. The minimum absolute atomic E-state index is 0.0439. The van der Waals surface area contributed by atoms with Gasteiger partial charge in [-0.2, -0.15) is 5.26 Å². The monoisotopic (exact) mass is 237 g/mol. The zero-order valence-corrected chi connectivity index (χ0v) is 10.6. The molecule has 0 aliphatic rings. The molecular weight excluding hydrogens is 222 g/mol. The van der Waals surface area contributed by atoms with E-state index in [4.69, 9.17) is 5.26 Å². The summed E-state index contributed by atoms with van der Waals surface area (Å²) in [7, 11) is 0. The lowest BCUT2D eigenvalue weighted by Crippen LogP contribution is -1.92. The Labute approximate surface area is 107 Å². The molecule has 0 radical (unpaired) electrons. The number of aryl methyl sites for hydroxylation is 2. The van der Waals surface area contributed by atoms with E-state index in [2.05, 4.69) is 6.07 Å². The van der Waals surface area contributed by atoms with Gasteiger partial charge in [0, 0.05) is 0 Å². The molecule has 0 aromatic heterocycles. The molecule has 2 rings (SSSR count). The van der Waals surface area contributed by atoms with Crippen molar-refractivity contribution < 1.29 is 5.11 Å². The van der Waals surface area contributed by atoms with Crippen molar-refractivity contribution in [2.45, 2.75) is 20.5 Å². The van der Waals surface area contributed by atoms with Gasteiger partial charge in [-0.3, -0.25) is 0 Å². The molecule has 2 heteroatoms. The topological polar surface area (TPSA) is 44.0 Å². The van der Waals surface area contributed by atoms with Crippen LogP contribution in [0.2, 0.25) is 0 Å². The van der Waals surface area contributed by atoms with Crippen molar-refractivity contribution in [3.63, 3.8) is 0 Å². The molecule has 90 valence electrons. The van der Waals surface area contributed by atoms with E-state index in [-0.39, 0.29) is 6.61 Å². The summed E-state index contributed by atoms with van der Waals surface area (Å²) in [4.78, 5) is 0. The maximum Gasteiger partial charge on any atom is 0.0991 e. The summed E-state index contributed by atoms with van der Waals surface area (Å²) in [6.45, 7) is 4.06. The average Bonchev–Trinajstić information content (AvgIpc) is 2.38. The highest BCUT2D eigenvalue weighted by Gasteiger charge is 2.08. The number of nitrogens with zero attached hydrogens (tertiary/aromatic N) is 1. The molecule has 0 fully saturated rings. The predicted octanol–water partition coefficient (Wildman–Crippen LogP) is 3.33. The fourth-order valence-electron chi connectivity index (χ4n) is 2.31. The van der Waals surface area contributed by atoms with Gasteiger partial charge in [0.05, 0.1) is 18.2 Å². The van der Waals surface area contributed by atoms with Crippen molar-refractivity contribution in [1.82, 2.24) is 0 Å². The predicted molar refractivity (Wildman–Crippen MR) is 72.0 cm³/mol. The van der Waals surface area contributed by atoms with Crippen LogP contribution in [0.15, 0.2) is 36.4 Å². The minimum atomic E-state index is 0.0439. The Hall–Kier alpha value is -2.11. The van der Waals surface area contributed by atoms with E-state index in [1.165, 1.54) is 0 Å². The third-order valence-corrected chi connectivity index (χ3v) is 3.06. The second-order valence-corrected chi connectivity index (χ2v) is 4.46. The quantitative estimate of drug-likeness (QED) is 0.870. The number of aliphatic hydroxyl groups is 1. The molecular formula is C16H15NO. The van der Waals surface area contributed by atoms with Crippen molar-refractivity contribution in [1.29, 1.82) is 5.26 Å². The van der Waals surface area contributed by atoms with Crippen molar-refractivity contribution in [2.24, 2.45) is 0 Å². The fraction of sp³-hybridized carbons (Fsp3) is 0.188. The third-order valence-electron chi connectivity index (χ3n) is 3.06.